The molecule has 58 heavy (non-hydrogen) atoms. The molecular formula is C55H35NO2. The highest BCUT2D eigenvalue weighted by Gasteiger charge is 2.47. The van der Waals surface area contributed by atoms with Crippen LogP contribution in [0.2, 0.25) is 0 Å². The second-order valence-corrected chi connectivity index (χ2v) is 15.1. The lowest BCUT2D eigenvalue weighted by molar-refractivity contribution is 0.669. The molecule has 0 atom stereocenters. The van der Waals surface area contributed by atoms with Gasteiger partial charge in [0.15, 0.2) is 0 Å². The van der Waals surface area contributed by atoms with Crippen molar-refractivity contribution in [3.05, 3.63) is 235 Å². The summed E-state index contributed by atoms with van der Waals surface area (Å²) < 4.78 is 13.0. The maximum Gasteiger partial charge on any atom is 0.143 e. The average molecular weight is 742 g/mol. The van der Waals surface area contributed by atoms with E-state index in [1.807, 2.05) is 18.2 Å². The van der Waals surface area contributed by atoms with Gasteiger partial charge < -0.3 is 13.7 Å². The fourth-order valence-corrected chi connectivity index (χ4v) is 9.78. The molecule has 0 fully saturated rings. The molecule has 272 valence electrons. The Morgan fingerprint density at radius 2 is 0.914 bits per heavy atom. The Kier molecular flexibility index (Phi) is 7.14. The summed E-state index contributed by atoms with van der Waals surface area (Å²) in [4.78, 5) is 2.44. The van der Waals surface area contributed by atoms with Crippen LogP contribution in [0.25, 0.3) is 66.1 Å². The van der Waals surface area contributed by atoms with Gasteiger partial charge in [0, 0.05) is 33.0 Å². The fraction of sp³-hybridized carbons (Fsp3) is 0.0182. The summed E-state index contributed by atoms with van der Waals surface area (Å²) in [6.45, 7) is 0. The molecular weight excluding hydrogens is 707 g/mol. The largest absolute Gasteiger partial charge is 0.456 e. The van der Waals surface area contributed by atoms with E-state index in [2.05, 4.69) is 199 Å². The summed E-state index contributed by atoms with van der Waals surface area (Å²) in [7, 11) is 0. The zero-order valence-electron chi connectivity index (χ0n) is 31.5. The van der Waals surface area contributed by atoms with Crippen molar-refractivity contribution in [1.82, 2.24) is 0 Å². The number of furan rings is 2. The Hall–Kier alpha value is -7.62. The highest BCUT2D eigenvalue weighted by Crippen LogP contribution is 2.60. The summed E-state index contributed by atoms with van der Waals surface area (Å²) in [6.07, 6.45) is 0. The number of nitrogens with zero attached hydrogens (tertiary/aromatic N) is 1. The molecule has 2 aromatic heterocycles. The van der Waals surface area contributed by atoms with Gasteiger partial charge in [-0.1, -0.05) is 170 Å². The van der Waals surface area contributed by atoms with Crippen molar-refractivity contribution in [2.45, 2.75) is 5.41 Å². The van der Waals surface area contributed by atoms with E-state index >= 15 is 0 Å². The molecule has 0 N–H and O–H groups in total. The van der Waals surface area contributed by atoms with Gasteiger partial charge in [-0.3, -0.25) is 0 Å². The van der Waals surface area contributed by atoms with E-state index < -0.39 is 5.41 Å². The van der Waals surface area contributed by atoms with Crippen LogP contribution < -0.4 is 4.90 Å². The van der Waals surface area contributed by atoms with Crippen LogP contribution in [0.3, 0.4) is 0 Å². The van der Waals surface area contributed by atoms with Gasteiger partial charge in [0.2, 0.25) is 0 Å². The third-order valence-electron chi connectivity index (χ3n) is 12.2. The van der Waals surface area contributed by atoms with Crippen LogP contribution in [0.4, 0.5) is 17.1 Å². The number of hydrogen-bond donors (Lipinski definition) is 0. The summed E-state index contributed by atoms with van der Waals surface area (Å²) in [5.41, 5.74) is 15.8. The average Bonchev–Trinajstić information content (AvgIpc) is 3.97. The Bertz CT molecular complexity index is 3300. The predicted molar refractivity (Wildman–Crippen MR) is 238 cm³/mol. The van der Waals surface area contributed by atoms with E-state index in [1.54, 1.807) is 0 Å². The summed E-state index contributed by atoms with van der Waals surface area (Å²) in [6, 6.07) is 76.3. The smallest absolute Gasteiger partial charge is 0.143 e. The normalized spacial score (nSPS) is 13.0. The Morgan fingerprint density at radius 3 is 1.69 bits per heavy atom. The van der Waals surface area contributed by atoms with Gasteiger partial charge in [0.1, 0.15) is 22.3 Å². The lowest BCUT2D eigenvalue weighted by atomic mass is 9.68. The van der Waals surface area contributed by atoms with Crippen LogP contribution in [-0.4, -0.2) is 0 Å². The van der Waals surface area contributed by atoms with E-state index in [4.69, 9.17) is 8.83 Å². The molecule has 3 nitrogen and oxygen atoms in total. The van der Waals surface area contributed by atoms with Crippen LogP contribution >= 0.6 is 0 Å². The molecule has 0 unspecified atom stereocenters. The molecule has 3 heteroatoms. The maximum atomic E-state index is 6.52. The maximum absolute atomic E-state index is 6.52. The number of benzene rings is 9. The van der Waals surface area contributed by atoms with Crippen molar-refractivity contribution in [2.75, 3.05) is 4.90 Å². The summed E-state index contributed by atoms with van der Waals surface area (Å²) in [5, 5.41) is 4.41. The molecule has 0 radical (unpaired) electrons. The number of fused-ring (bicyclic) bond motifs is 9. The van der Waals surface area contributed by atoms with E-state index in [0.717, 1.165) is 72.1 Å². The van der Waals surface area contributed by atoms with Crippen molar-refractivity contribution in [1.29, 1.82) is 0 Å². The van der Waals surface area contributed by atoms with Gasteiger partial charge in [-0.25, -0.2) is 0 Å². The van der Waals surface area contributed by atoms with Gasteiger partial charge in [-0.05, 0) is 75.8 Å². The third kappa shape index (κ3) is 4.62. The zero-order valence-corrected chi connectivity index (χ0v) is 31.5. The zero-order chi connectivity index (χ0) is 38.2. The standard InChI is InChI=1S/C55H35NO2/c1-3-16-37(17-4-1)55(38-18-5-2-6-19-38)45-25-10-7-21-43(45)52-46(55)26-14-27-47(52)56(48-28-15-31-51-53(48)44-22-9-12-30-50(44)57-51)39-34-32-36(33-35-39)40-23-13-24-42-41-20-8-11-29-49(41)58-54(40)42/h1-35H. The molecule has 12 rings (SSSR count). The van der Waals surface area contributed by atoms with E-state index in [9.17, 15) is 0 Å². The first-order valence-electron chi connectivity index (χ1n) is 19.8. The molecule has 0 saturated carbocycles. The molecule has 2 heterocycles. The monoisotopic (exact) mass is 741 g/mol. The highest BCUT2D eigenvalue weighted by atomic mass is 16.3. The Morgan fingerprint density at radius 1 is 0.362 bits per heavy atom. The third-order valence-corrected chi connectivity index (χ3v) is 12.2. The second kappa shape index (κ2) is 12.7. The lowest BCUT2D eigenvalue weighted by Crippen LogP contribution is -2.28. The first-order valence-corrected chi connectivity index (χ1v) is 19.8. The van der Waals surface area contributed by atoms with Gasteiger partial charge in [-0.15, -0.1) is 0 Å². The molecule has 0 aliphatic heterocycles. The quantitative estimate of drug-likeness (QED) is 0.170. The molecule has 0 saturated heterocycles. The minimum atomic E-state index is -0.528. The van der Waals surface area contributed by atoms with Crippen molar-refractivity contribution in [3.8, 4) is 22.3 Å². The second-order valence-electron chi connectivity index (χ2n) is 15.1. The number of hydrogen-bond acceptors (Lipinski definition) is 3. The van der Waals surface area contributed by atoms with Crippen LogP contribution in [-0.2, 0) is 5.41 Å². The minimum absolute atomic E-state index is 0.528. The van der Waals surface area contributed by atoms with Crippen molar-refractivity contribution < 1.29 is 8.83 Å². The van der Waals surface area contributed by atoms with Gasteiger partial charge in [0.05, 0.1) is 22.2 Å². The molecule has 1 aliphatic carbocycles. The van der Waals surface area contributed by atoms with E-state index in [1.165, 1.54) is 33.4 Å². The van der Waals surface area contributed by atoms with Gasteiger partial charge in [-0.2, -0.15) is 0 Å². The molecule has 11 aromatic rings. The highest BCUT2D eigenvalue weighted by molar-refractivity contribution is 6.14. The summed E-state index contributed by atoms with van der Waals surface area (Å²) in [5.74, 6) is 0. The van der Waals surface area contributed by atoms with Crippen LogP contribution in [0.15, 0.2) is 221 Å². The molecule has 0 amide bonds. The van der Waals surface area contributed by atoms with Crippen molar-refractivity contribution in [2.24, 2.45) is 0 Å². The van der Waals surface area contributed by atoms with Crippen molar-refractivity contribution >= 4 is 60.9 Å². The van der Waals surface area contributed by atoms with E-state index in [-0.39, 0.29) is 0 Å². The molecule has 0 bridgehead atoms. The Balaban J connectivity index is 1.13. The number of rotatable bonds is 6. The lowest BCUT2D eigenvalue weighted by Gasteiger charge is -2.34. The SMILES string of the molecule is c1ccc(C2(c3ccccc3)c3ccccc3-c3c(N(c4ccc(-c5cccc6c5oc5ccccc56)cc4)c4cccc5oc6ccccc6c45)cccc32)cc1. The number of para-hydroxylation sites is 3. The van der Waals surface area contributed by atoms with Crippen LogP contribution in [0.5, 0.6) is 0 Å². The Labute approximate surface area is 335 Å². The van der Waals surface area contributed by atoms with Crippen molar-refractivity contribution in [3.63, 3.8) is 0 Å². The first kappa shape index (κ1) is 32.6. The summed E-state index contributed by atoms with van der Waals surface area (Å²) >= 11 is 0. The molecule has 0 spiro atoms. The number of anilines is 3. The molecule has 9 aromatic carbocycles. The predicted octanol–water partition coefficient (Wildman–Crippen LogP) is 15.0. The van der Waals surface area contributed by atoms with Crippen LogP contribution in [0, 0.1) is 0 Å². The van der Waals surface area contributed by atoms with Gasteiger partial charge >= 0.3 is 0 Å². The van der Waals surface area contributed by atoms with Gasteiger partial charge in [0.25, 0.3) is 0 Å². The van der Waals surface area contributed by atoms with Crippen LogP contribution in [0.1, 0.15) is 22.3 Å². The minimum Gasteiger partial charge on any atom is -0.456 e. The topological polar surface area (TPSA) is 29.5 Å². The van der Waals surface area contributed by atoms with E-state index in [0.29, 0.717) is 0 Å². The fourth-order valence-electron chi connectivity index (χ4n) is 9.78. The first-order chi connectivity index (χ1) is 28.8. The molecule has 1 aliphatic rings.